The van der Waals surface area contributed by atoms with E-state index in [1.807, 2.05) is 0 Å². The number of unbranched alkanes of at least 4 members (excludes halogenated alkanes) is 1. The molecule has 1 rings (SSSR count). The van der Waals surface area contributed by atoms with Gasteiger partial charge in [-0.05, 0) is 19.3 Å². The van der Waals surface area contributed by atoms with Gasteiger partial charge < -0.3 is 25.3 Å². The van der Waals surface area contributed by atoms with Gasteiger partial charge in [0.1, 0.15) is 5.54 Å². The molecule has 1 saturated heterocycles. The minimum Gasteiger partial charge on any atom is -0.382 e. The summed E-state index contributed by atoms with van der Waals surface area (Å²) in [6.45, 7) is 3.44. The minimum atomic E-state index is -0.824. The van der Waals surface area contributed by atoms with E-state index in [9.17, 15) is 4.79 Å². The van der Waals surface area contributed by atoms with Crippen molar-refractivity contribution in [3.8, 4) is 0 Å². The van der Waals surface area contributed by atoms with Crippen LogP contribution in [0, 0.1) is 0 Å². The third kappa shape index (κ3) is 5.30. The predicted molar refractivity (Wildman–Crippen MR) is 67.3 cm³/mol. The maximum Gasteiger partial charge on any atom is 0.242 e. The first kappa shape index (κ1) is 15.4. The third-order valence-electron chi connectivity index (χ3n) is 2.94. The quantitative estimate of drug-likeness (QED) is 0.554. The van der Waals surface area contributed by atoms with Gasteiger partial charge in [0.05, 0.1) is 19.8 Å². The van der Waals surface area contributed by atoms with E-state index >= 15 is 0 Å². The standard InChI is InChI=1S/C12H24N2O4/c1-16-8-9-17-6-3-2-5-14-11(15)12(13)4-7-18-10-12/h2-10,13H2,1H3,(H,14,15). The molecule has 1 heterocycles. The number of nitrogens with two attached hydrogens (primary N) is 1. The Bertz CT molecular complexity index is 242. The molecule has 106 valence electrons. The van der Waals surface area contributed by atoms with E-state index in [2.05, 4.69) is 5.32 Å². The largest absolute Gasteiger partial charge is 0.382 e. The van der Waals surface area contributed by atoms with Gasteiger partial charge in [0.25, 0.3) is 0 Å². The van der Waals surface area contributed by atoms with Crippen LogP contribution in [0.1, 0.15) is 19.3 Å². The lowest BCUT2D eigenvalue weighted by atomic mass is 9.99. The van der Waals surface area contributed by atoms with Crippen LogP contribution in [-0.4, -0.2) is 58.1 Å². The summed E-state index contributed by atoms with van der Waals surface area (Å²) in [7, 11) is 1.65. The van der Waals surface area contributed by atoms with E-state index < -0.39 is 5.54 Å². The Hall–Kier alpha value is -0.690. The molecule has 1 amide bonds. The van der Waals surface area contributed by atoms with Crippen LogP contribution < -0.4 is 11.1 Å². The first-order valence-corrected chi connectivity index (χ1v) is 6.41. The first-order chi connectivity index (χ1) is 8.69. The lowest BCUT2D eigenvalue weighted by Gasteiger charge is -2.20. The van der Waals surface area contributed by atoms with Crippen molar-refractivity contribution >= 4 is 5.91 Å². The third-order valence-corrected chi connectivity index (χ3v) is 2.94. The molecule has 3 N–H and O–H groups in total. The molecule has 0 bridgehead atoms. The van der Waals surface area contributed by atoms with Crippen LogP contribution in [0.25, 0.3) is 0 Å². The summed E-state index contributed by atoms with van der Waals surface area (Å²) in [5, 5.41) is 2.84. The highest BCUT2D eigenvalue weighted by Crippen LogP contribution is 2.15. The number of carbonyl (C=O) groups excluding carboxylic acids is 1. The predicted octanol–water partition coefficient (Wildman–Crippen LogP) is -0.336. The molecule has 6 heteroatoms. The maximum absolute atomic E-state index is 11.8. The molecule has 1 atom stereocenters. The second kappa shape index (κ2) is 8.42. The Morgan fingerprint density at radius 2 is 2.22 bits per heavy atom. The van der Waals surface area contributed by atoms with Crippen molar-refractivity contribution in [2.45, 2.75) is 24.8 Å². The zero-order valence-electron chi connectivity index (χ0n) is 11.1. The summed E-state index contributed by atoms with van der Waals surface area (Å²) in [6.07, 6.45) is 2.40. The number of hydrogen-bond acceptors (Lipinski definition) is 5. The maximum atomic E-state index is 11.8. The molecular formula is C12H24N2O4. The van der Waals surface area contributed by atoms with Crippen LogP contribution in [0.3, 0.4) is 0 Å². The van der Waals surface area contributed by atoms with Crippen LogP contribution in [0.2, 0.25) is 0 Å². The zero-order chi connectivity index (χ0) is 13.3. The van der Waals surface area contributed by atoms with E-state index in [1.165, 1.54) is 0 Å². The smallest absolute Gasteiger partial charge is 0.242 e. The normalized spacial score (nSPS) is 23.2. The van der Waals surface area contributed by atoms with E-state index in [0.29, 0.717) is 46.0 Å². The highest BCUT2D eigenvalue weighted by Gasteiger charge is 2.37. The van der Waals surface area contributed by atoms with Crippen molar-refractivity contribution in [3.63, 3.8) is 0 Å². The fourth-order valence-electron chi connectivity index (χ4n) is 1.71. The van der Waals surface area contributed by atoms with E-state index in [4.69, 9.17) is 19.9 Å². The minimum absolute atomic E-state index is 0.111. The molecule has 0 aliphatic carbocycles. The Kier molecular flexibility index (Phi) is 7.19. The van der Waals surface area contributed by atoms with Gasteiger partial charge in [0.15, 0.2) is 0 Å². The number of ether oxygens (including phenoxy) is 3. The van der Waals surface area contributed by atoms with Crippen LogP contribution in [0.5, 0.6) is 0 Å². The summed E-state index contributed by atoms with van der Waals surface area (Å²) in [6, 6.07) is 0. The topological polar surface area (TPSA) is 82.8 Å². The number of hydrogen-bond donors (Lipinski definition) is 2. The average Bonchev–Trinajstić information content (AvgIpc) is 2.81. The Morgan fingerprint density at radius 3 is 2.89 bits per heavy atom. The fraction of sp³-hybridized carbons (Fsp3) is 0.917. The monoisotopic (exact) mass is 260 g/mol. The Balaban J connectivity index is 1.96. The van der Waals surface area contributed by atoms with Gasteiger partial charge in [0, 0.05) is 26.9 Å². The van der Waals surface area contributed by atoms with Crippen LogP contribution in [0.15, 0.2) is 0 Å². The Labute approximate surface area is 108 Å². The summed E-state index contributed by atoms with van der Waals surface area (Å²) in [5.41, 5.74) is 5.10. The number of rotatable bonds is 9. The van der Waals surface area contributed by atoms with Crippen molar-refractivity contribution in [3.05, 3.63) is 0 Å². The van der Waals surface area contributed by atoms with E-state index in [1.54, 1.807) is 7.11 Å². The Morgan fingerprint density at radius 1 is 1.39 bits per heavy atom. The molecule has 18 heavy (non-hydrogen) atoms. The number of methoxy groups -OCH3 is 1. The summed E-state index contributed by atoms with van der Waals surface area (Å²) < 4.78 is 15.3. The molecule has 0 radical (unpaired) electrons. The van der Waals surface area contributed by atoms with Crippen LogP contribution >= 0.6 is 0 Å². The molecule has 6 nitrogen and oxygen atoms in total. The van der Waals surface area contributed by atoms with Crippen molar-refractivity contribution in [1.82, 2.24) is 5.32 Å². The zero-order valence-corrected chi connectivity index (χ0v) is 11.1. The van der Waals surface area contributed by atoms with E-state index in [-0.39, 0.29) is 5.91 Å². The lowest BCUT2D eigenvalue weighted by molar-refractivity contribution is -0.126. The van der Waals surface area contributed by atoms with Crippen molar-refractivity contribution in [2.75, 3.05) is 46.7 Å². The molecule has 1 aliphatic heterocycles. The SMILES string of the molecule is COCCOCCCCNC(=O)C1(N)CCOC1. The number of amides is 1. The highest BCUT2D eigenvalue weighted by molar-refractivity contribution is 5.86. The molecule has 1 aliphatic rings. The van der Waals surface area contributed by atoms with Crippen LogP contribution in [0.4, 0.5) is 0 Å². The summed E-state index contributed by atoms with van der Waals surface area (Å²) in [4.78, 5) is 11.8. The second-order valence-electron chi connectivity index (χ2n) is 4.53. The van der Waals surface area contributed by atoms with Gasteiger partial charge in [0.2, 0.25) is 5.91 Å². The van der Waals surface area contributed by atoms with Gasteiger partial charge >= 0.3 is 0 Å². The molecule has 0 aromatic heterocycles. The van der Waals surface area contributed by atoms with Gasteiger partial charge in [-0.1, -0.05) is 0 Å². The van der Waals surface area contributed by atoms with Crippen molar-refractivity contribution in [1.29, 1.82) is 0 Å². The summed E-state index contributed by atoms with van der Waals surface area (Å²) >= 11 is 0. The van der Waals surface area contributed by atoms with Crippen molar-refractivity contribution < 1.29 is 19.0 Å². The number of carbonyl (C=O) groups is 1. The first-order valence-electron chi connectivity index (χ1n) is 6.41. The molecule has 1 fully saturated rings. The molecule has 0 aromatic rings. The molecule has 1 unspecified atom stereocenters. The second-order valence-corrected chi connectivity index (χ2v) is 4.53. The number of nitrogens with one attached hydrogen (secondary N) is 1. The van der Waals surface area contributed by atoms with Gasteiger partial charge in [-0.15, -0.1) is 0 Å². The van der Waals surface area contributed by atoms with Crippen LogP contribution in [-0.2, 0) is 19.0 Å². The summed E-state index contributed by atoms with van der Waals surface area (Å²) in [5.74, 6) is -0.111. The average molecular weight is 260 g/mol. The van der Waals surface area contributed by atoms with Gasteiger partial charge in [-0.3, -0.25) is 4.79 Å². The van der Waals surface area contributed by atoms with Crippen molar-refractivity contribution in [2.24, 2.45) is 5.73 Å². The molecule has 0 saturated carbocycles. The van der Waals surface area contributed by atoms with Gasteiger partial charge in [-0.2, -0.15) is 0 Å². The molecular weight excluding hydrogens is 236 g/mol. The highest BCUT2D eigenvalue weighted by atomic mass is 16.5. The van der Waals surface area contributed by atoms with Gasteiger partial charge in [-0.25, -0.2) is 0 Å². The van der Waals surface area contributed by atoms with E-state index in [0.717, 1.165) is 12.8 Å². The molecule has 0 aromatic carbocycles. The molecule has 0 spiro atoms. The lowest BCUT2D eigenvalue weighted by Crippen LogP contribution is -2.54. The fourth-order valence-corrected chi connectivity index (χ4v) is 1.71.